The first-order chi connectivity index (χ1) is 16.3. The molecule has 2 aromatic carbocycles. The lowest BCUT2D eigenvalue weighted by Gasteiger charge is -2.28. The monoisotopic (exact) mass is 432 g/mol. The molecule has 3 aromatic heterocycles. The summed E-state index contributed by atoms with van der Waals surface area (Å²) in [7, 11) is 0. The summed E-state index contributed by atoms with van der Waals surface area (Å²) in [5.74, 6) is 0. The van der Waals surface area contributed by atoms with Gasteiger partial charge in [0.05, 0.1) is 30.8 Å². The molecule has 0 unspecified atom stereocenters. The topological polar surface area (TPSA) is 54.0 Å². The normalized spacial score (nSPS) is 14.5. The van der Waals surface area contributed by atoms with Crippen LogP contribution in [0, 0.1) is 0 Å². The fraction of sp³-hybridized carbons (Fsp3) is 0.143. The third-order valence-corrected chi connectivity index (χ3v) is 6.16. The Morgan fingerprint density at radius 2 is 1.64 bits per heavy atom. The van der Waals surface area contributed by atoms with Crippen LogP contribution in [0.2, 0.25) is 0 Å². The predicted molar refractivity (Wildman–Crippen MR) is 135 cm³/mol. The Morgan fingerprint density at radius 3 is 2.45 bits per heavy atom. The van der Waals surface area contributed by atoms with Crippen LogP contribution in [0.15, 0.2) is 79.1 Å². The molecule has 4 heterocycles. The Labute approximate surface area is 192 Å². The summed E-state index contributed by atoms with van der Waals surface area (Å²) in [4.78, 5) is 15.2. The van der Waals surface area contributed by atoms with Gasteiger partial charge in [0.15, 0.2) is 0 Å². The van der Waals surface area contributed by atoms with Gasteiger partial charge in [-0.25, -0.2) is 4.98 Å². The molecule has 0 bridgehead atoms. The highest BCUT2D eigenvalue weighted by atomic mass is 16.5. The van der Waals surface area contributed by atoms with Gasteiger partial charge in [0.1, 0.15) is 5.65 Å². The zero-order chi connectivity index (χ0) is 22.0. The maximum Gasteiger partial charge on any atom is 0.138 e. The van der Waals surface area contributed by atoms with Crippen molar-refractivity contribution in [3.8, 4) is 11.3 Å². The predicted octanol–water partition coefficient (Wildman–Crippen LogP) is 5.79. The zero-order valence-corrected chi connectivity index (χ0v) is 18.2. The molecule has 0 amide bonds. The quantitative estimate of drug-likeness (QED) is 0.391. The van der Waals surface area contributed by atoms with Crippen LogP contribution in [0.5, 0.6) is 0 Å². The van der Waals surface area contributed by atoms with Gasteiger partial charge in [-0.05, 0) is 41.5 Å². The van der Waals surface area contributed by atoms with Gasteiger partial charge < -0.3 is 14.6 Å². The average Bonchev–Trinajstić information content (AvgIpc) is 3.26. The first kappa shape index (κ1) is 19.7. The molecule has 1 N–H and O–H groups in total. The number of rotatable bonds is 4. The number of morpholine rings is 1. The van der Waals surface area contributed by atoms with E-state index in [1.54, 1.807) is 0 Å². The van der Waals surface area contributed by atoms with E-state index >= 15 is 0 Å². The summed E-state index contributed by atoms with van der Waals surface area (Å²) in [6, 6.07) is 23.2. The minimum absolute atomic E-state index is 0.773. The largest absolute Gasteiger partial charge is 0.378 e. The van der Waals surface area contributed by atoms with Crippen molar-refractivity contribution in [2.45, 2.75) is 0 Å². The van der Waals surface area contributed by atoms with Crippen molar-refractivity contribution in [2.75, 3.05) is 31.2 Å². The molecule has 1 saturated heterocycles. The molecule has 5 aromatic rings. The third-order valence-electron chi connectivity index (χ3n) is 6.16. The fourth-order valence-electron chi connectivity index (χ4n) is 4.36. The first-order valence-corrected chi connectivity index (χ1v) is 11.3. The molecule has 5 nitrogen and oxygen atoms in total. The Hall–Kier alpha value is -3.96. The molecule has 162 valence electrons. The zero-order valence-electron chi connectivity index (χ0n) is 18.2. The Kier molecular flexibility index (Phi) is 5.09. The van der Waals surface area contributed by atoms with Crippen LogP contribution in [0.1, 0.15) is 11.1 Å². The van der Waals surface area contributed by atoms with Crippen molar-refractivity contribution in [3.63, 3.8) is 0 Å². The maximum absolute atomic E-state index is 5.45. The molecule has 33 heavy (non-hydrogen) atoms. The van der Waals surface area contributed by atoms with E-state index in [1.165, 1.54) is 5.56 Å². The number of nitrogens with zero attached hydrogens (tertiary/aromatic N) is 3. The van der Waals surface area contributed by atoms with Crippen LogP contribution in [0.3, 0.4) is 0 Å². The number of aromatic amines is 1. The lowest BCUT2D eigenvalue weighted by atomic mass is 10.1. The number of hydrogen-bond donors (Lipinski definition) is 1. The summed E-state index contributed by atoms with van der Waals surface area (Å²) >= 11 is 0. The number of hydrogen-bond acceptors (Lipinski definition) is 4. The van der Waals surface area contributed by atoms with Crippen LogP contribution in [0.4, 0.5) is 5.69 Å². The van der Waals surface area contributed by atoms with Crippen LogP contribution in [-0.4, -0.2) is 41.3 Å². The summed E-state index contributed by atoms with van der Waals surface area (Å²) in [6.45, 7) is 3.37. The van der Waals surface area contributed by atoms with E-state index in [1.807, 2.05) is 30.6 Å². The smallest absolute Gasteiger partial charge is 0.138 e. The average molecular weight is 433 g/mol. The first-order valence-electron chi connectivity index (χ1n) is 11.3. The Bertz CT molecular complexity index is 1430. The van der Waals surface area contributed by atoms with E-state index in [-0.39, 0.29) is 0 Å². The molecule has 1 aliphatic heterocycles. The molecule has 1 aliphatic rings. The summed E-state index contributed by atoms with van der Waals surface area (Å²) < 4.78 is 5.45. The molecular weight excluding hydrogens is 408 g/mol. The third kappa shape index (κ3) is 3.99. The van der Waals surface area contributed by atoms with Crippen LogP contribution in [0.25, 0.3) is 45.3 Å². The van der Waals surface area contributed by atoms with Gasteiger partial charge in [-0.1, -0.05) is 48.6 Å². The second kappa shape index (κ2) is 8.52. The molecule has 0 saturated carbocycles. The number of ether oxygens (including phenoxy) is 1. The molecule has 0 aliphatic carbocycles. The molecular formula is C28H24N4O. The van der Waals surface area contributed by atoms with Gasteiger partial charge in [0.25, 0.3) is 0 Å². The molecule has 0 spiro atoms. The van der Waals surface area contributed by atoms with E-state index in [2.05, 4.69) is 75.6 Å². The second-order valence-electron chi connectivity index (χ2n) is 8.30. The lowest BCUT2D eigenvalue weighted by molar-refractivity contribution is 0.122. The van der Waals surface area contributed by atoms with Crippen LogP contribution < -0.4 is 4.90 Å². The van der Waals surface area contributed by atoms with Gasteiger partial charge in [-0.15, -0.1) is 0 Å². The molecule has 5 heteroatoms. The maximum atomic E-state index is 5.45. The lowest BCUT2D eigenvalue weighted by Crippen LogP contribution is -2.36. The van der Waals surface area contributed by atoms with Crippen molar-refractivity contribution in [1.82, 2.24) is 15.0 Å². The molecule has 0 atom stereocenters. The van der Waals surface area contributed by atoms with Crippen LogP contribution in [-0.2, 0) is 4.74 Å². The van der Waals surface area contributed by atoms with Crippen molar-refractivity contribution in [1.29, 1.82) is 0 Å². The fourth-order valence-corrected chi connectivity index (χ4v) is 4.36. The Morgan fingerprint density at radius 1 is 0.788 bits per heavy atom. The number of fused-ring (bicyclic) bond motifs is 3. The SMILES string of the molecule is C(=Cc1cnc2[nH]c3ccc(-c4ccc(N5CCOCC5)cn4)cc3c2c1)c1ccccc1. The minimum Gasteiger partial charge on any atom is -0.378 e. The number of pyridine rings is 2. The summed E-state index contributed by atoms with van der Waals surface area (Å²) in [5, 5.41) is 2.27. The number of anilines is 1. The van der Waals surface area contributed by atoms with Gasteiger partial charge in [0, 0.05) is 41.1 Å². The number of benzene rings is 2. The van der Waals surface area contributed by atoms with E-state index < -0.39 is 0 Å². The highest BCUT2D eigenvalue weighted by Crippen LogP contribution is 2.30. The Balaban J connectivity index is 1.33. The second-order valence-corrected chi connectivity index (χ2v) is 8.30. The summed E-state index contributed by atoms with van der Waals surface area (Å²) in [5.41, 5.74) is 7.44. The number of H-pyrrole nitrogens is 1. The summed E-state index contributed by atoms with van der Waals surface area (Å²) in [6.07, 6.45) is 8.09. The van der Waals surface area contributed by atoms with Gasteiger partial charge in [-0.3, -0.25) is 4.98 Å². The molecule has 0 radical (unpaired) electrons. The van der Waals surface area contributed by atoms with Crippen LogP contribution >= 0.6 is 0 Å². The van der Waals surface area contributed by atoms with E-state index in [9.17, 15) is 0 Å². The molecule has 1 fully saturated rings. The van der Waals surface area contributed by atoms with Crippen molar-refractivity contribution in [3.05, 3.63) is 90.3 Å². The van der Waals surface area contributed by atoms with Crippen molar-refractivity contribution >= 4 is 39.8 Å². The standard InChI is InChI=1S/C28H24N4O/c1-2-4-20(5-3-1)6-7-21-16-25-24-17-22(8-10-27(24)31-28(25)30-18-21)26-11-9-23(19-29-26)32-12-14-33-15-13-32/h1-11,16-19H,12-15H2,(H,30,31). The van der Waals surface area contributed by atoms with Crippen molar-refractivity contribution in [2.24, 2.45) is 0 Å². The van der Waals surface area contributed by atoms with E-state index in [0.717, 1.165) is 70.7 Å². The van der Waals surface area contributed by atoms with Gasteiger partial charge in [-0.2, -0.15) is 0 Å². The van der Waals surface area contributed by atoms with E-state index in [4.69, 9.17) is 9.72 Å². The highest BCUT2D eigenvalue weighted by Gasteiger charge is 2.12. The van der Waals surface area contributed by atoms with Crippen molar-refractivity contribution < 1.29 is 4.74 Å². The number of nitrogens with one attached hydrogen (secondary N) is 1. The van der Waals surface area contributed by atoms with Gasteiger partial charge >= 0.3 is 0 Å². The number of aromatic nitrogens is 3. The minimum atomic E-state index is 0.773. The molecule has 6 rings (SSSR count). The van der Waals surface area contributed by atoms with Gasteiger partial charge in [0.2, 0.25) is 0 Å². The van der Waals surface area contributed by atoms with E-state index in [0.29, 0.717) is 0 Å². The highest BCUT2D eigenvalue weighted by molar-refractivity contribution is 6.07.